The summed E-state index contributed by atoms with van der Waals surface area (Å²) in [5, 5.41) is 22.9. The number of ether oxygens (including phenoxy) is 6. The second-order valence-corrected chi connectivity index (χ2v) is 15.2. The van der Waals surface area contributed by atoms with Crippen molar-refractivity contribution >= 4 is 12.3 Å². The summed E-state index contributed by atoms with van der Waals surface area (Å²) in [5.74, 6) is -2.34. The van der Waals surface area contributed by atoms with E-state index >= 15 is 0 Å². The monoisotopic (exact) mass is 638 g/mol. The van der Waals surface area contributed by atoms with Gasteiger partial charge in [0.05, 0.1) is 18.6 Å². The van der Waals surface area contributed by atoms with Crippen molar-refractivity contribution in [3.63, 3.8) is 0 Å². The smallest absolute Gasteiger partial charge is 0.316 e. The van der Waals surface area contributed by atoms with Crippen molar-refractivity contribution in [1.29, 1.82) is 0 Å². The van der Waals surface area contributed by atoms with Crippen LogP contribution >= 0.6 is 0 Å². The van der Waals surface area contributed by atoms with Crippen LogP contribution in [0.3, 0.4) is 0 Å². The Labute approximate surface area is 269 Å². The molecule has 4 aliphatic heterocycles. The first kappa shape index (κ1) is 31.1. The predicted molar refractivity (Wildman–Crippen MR) is 162 cm³/mol. The number of rotatable bonds is 12. The van der Waals surface area contributed by atoms with Crippen LogP contribution in [0.25, 0.3) is 0 Å². The Kier molecular flexibility index (Phi) is 7.21. The predicted octanol–water partition coefficient (Wildman–Crippen LogP) is 4.43. The molecular weight excluding hydrogens is 592 g/mol. The number of allylic oxidation sites excluding steroid dienone is 1. The Morgan fingerprint density at radius 1 is 1.13 bits per heavy atom. The van der Waals surface area contributed by atoms with Gasteiger partial charge in [0.15, 0.2) is 18.7 Å². The molecule has 0 aromatic heterocycles. The van der Waals surface area contributed by atoms with Gasteiger partial charge in [-0.3, -0.25) is 9.53 Å². The molecule has 9 rings (SSSR count). The number of aliphatic hydroxyl groups excluding tert-OH is 1. The number of hydrogen-bond acceptors (Lipinski definition) is 9. The fraction of sp³-hybridized carbons (Fsp3) is 0.722. The number of fused-ring (bicyclic) bond motifs is 2. The molecule has 10 heteroatoms. The summed E-state index contributed by atoms with van der Waals surface area (Å²) in [6.07, 6.45) is 1.93. The second-order valence-electron chi connectivity index (χ2n) is 15.2. The molecule has 0 radical (unpaired) electrons. The maximum absolute atomic E-state index is 13.8. The van der Waals surface area contributed by atoms with Gasteiger partial charge in [0.2, 0.25) is 0 Å². The molecule has 10 nitrogen and oxygen atoms in total. The van der Waals surface area contributed by atoms with E-state index in [1.807, 2.05) is 51.1 Å². The maximum atomic E-state index is 13.8. The zero-order valence-electron chi connectivity index (χ0n) is 27.0. The van der Waals surface area contributed by atoms with Crippen LogP contribution in [-0.4, -0.2) is 72.0 Å². The van der Waals surface area contributed by atoms with Gasteiger partial charge in [0.1, 0.15) is 30.0 Å². The summed E-state index contributed by atoms with van der Waals surface area (Å²) in [6, 6.07) is 9.84. The van der Waals surface area contributed by atoms with E-state index in [-0.39, 0.29) is 30.3 Å². The summed E-state index contributed by atoms with van der Waals surface area (Å²) in [4.78, 5) is 27.1. The maximum Gasteiger partial charge on any atom is 0.316 e. The molecule has 14 atom stereocenters. The average Bonchev–Trinajstić information content (AvgIpc) is 3.78. The van der Waals surface area contributed by atoms with Crippen molar-refractivity contribution in [2.24, 2.45) is 45.8 Å². The first-order valence-corrected chi connectivity index (χ1v) is 17.1. The number of carbonyl (C=O) groups is 2. The van der Waals surface area contributed by atoms with Crippen LogP contribution < -0.4 is 0 Å². The normalized spacial score (nSPS) is 48.2. The first-order chi connectivity index (χ1) is 22.1. The highest BCUT2D eigenvalue weighted by molar-refractivity contribution is 5.90. The zero-order chi connectivity index (χ0) is 32.2. The highest BCUT2D eigenvalue weighted by Crippen LogP contribution is 2.82. The zero-order valence-corrected chi connectivity index (χ0v) is 27.0. The van der Waals surface area contributed by atoms with Gasteiger partial charge < -0.3 is 38.7 Å². The van der Waals surface area contributed by atoms with Gasteiger partial charge in [-0.1, -0.05) is 76.1 Å². The molecule has 1 aromatic rings. The molecule has 8 bridgehead atoms. The number of aliphatic hydroxyl groups is 1. The van der Waals surface area contributed by atoms with Gasteiger partial charge in [0.25, 0.3) is 0 Å². The minimum absolute atomic E-state index is 0.0191. The molecule has 3 saturated carbocycles. The molecular formula is C36H46O10. The van der Waals surface area contributed by atoms with E-state index in [0.717, 1.165) is 30.3 Å². The second kappa shape index (κ2) is 10.7. The van der Waals surface area contributed by atoms with Crippen molar-refractivity contribution in [1.82, 2.24) is 0 Å². The van der Waals surface area contributed by atoms with E-state index < -0.39 is 65.2 Å². The van der Waals surface area contributed by atoms with Crippen molar-refractivity contribution < 1.29 is 48.2 Å². The minimum atomic E-state index is -1.82. The average molecular weight is 639 g/mol. The Balaban J connectivity index is 1.06. The number of hydrogen-bond donors (Lipinski definition) is 2. The van der Waals surface area contributed by atoms with Crippen LogP contribution in [0.2, 0.25) is 0 Å². The lowest BCUT2D eigenvalue weighted by atomic mass is 9.43. The number of carbonyl (C=O) groups excluding carboxylic acids is 1. The Morgan fingerprint density at radius 2 is 1.91 bits per heavy atom. The number of carboxylic acids is 1. The third-order valence-corrected chi connectivity index (χ3v) is 13.0. The Bertz CT molecular complexity index is 1410. The molecule has 7 fully saturated rings. The summed E-state index contributed by atoms with van der Waals surface area (Å²) < 4.78 is 37.5. The molecule has 4 heterocycles. The molecule has 0 amide bonds. The van der Waals surface area contributed by atoms with Crippen molar-refractivity contribution in [3.05, 3.63) is 47.5 Å². The van der Waals surface area contributed by atoms with E-state index in [4.69, 9.17) is 28.4 Å². The van der Waals surface area contributed by atoms with Crippen LogP contribution in [0.15, 0.2) is 42.0 Å². The summed E-state index contributed by atoms with van der Waals surface area (Å²) >= 11 is 0. The molecule has 46 heavy (non-hydrogen) atoms. The number of aliphatic carboxylic acids is 1. The van der Waals surface area contributed by atoms with E-state index in [9.17, 15) is 19.8 Å². The largest absolute Gasteiger partial charge is 0.481 e. The lowest BCUT2D eigenvalue weighted by molar-refractivity contribution is -0.451. The fourth-order valence-electron chi connectivity index (χ4n) is 11.2. The van der Waals surface area contributed by atoms with Gasteiger partial charge >= 0.3 is 11.9 Å². The van der Waals surface area contributed by atoms with Crippen LogP contribution in [0.4, 0.5) is 0 Å². The minimum Gasteiger partial charge on any atom is -0.481 e. The van der Waals surface area contributed by atoms with E-state index in [1.165, 1.54) is 0 Å². The molecule has 0 spiro atoms. The molecule has 1 aromatic carbocycles. The highest BCUT2D eigenvalue weighted by atomic mass is 17.0. The SMILES string of the molecule is CCC(OCc1ccccc1)OC1C2OC3(OCC45CC6C(C)CCC6C6(C=O)CC4C=C(C(C)C)C65C(=O)O)OC2OC1C3O. The third kappa shape index (κ3) is 3.78. The van der Waals surface area contributed by atoms with Gasteiger partial charge in [-0.2, -0.15) is 0 Å². The van der Waals surface area contributed by atoms with Crippen molar-refractivity contribution in [2.75, 3.05) is 6.61 Å². The molecule has 14 unspecified atom stereocenters. The first-order valence-electron chi connectivity index (χ1n) is 17.1. The Morgan fingerprint density at radius 3 is 2.61 bits per heavy atom. The number of aldehydes is 1. The van der Waals surface area contributed by atoms with Crippen LogP contribution in [0, 0.1) is 45.8 Å². The highest BCUT2D eigenvalue weighted by Gasteiger charge is 2.85. The quantitative estimate of drug-likeness (QED) is 0.193. The lowest BCUT2D eigenvalue weighted by Gasteiger charge is -2.58. The molecule has 4 saturated heterocycles. The molecule has 8 aliphatic rings. The standard InChI is InChI=1S/C36H46O10/c1-5-26(41-16-21-9-7-6-8-10-21)43-27-28-30(38)36(45-29(27)31(44-28)46-36)42-18-34-15-23-20(4)11-12-24(23)33(17-37)14-22(34)13-25(19(2)3)35(33,34)32(39)40/h6-10,13,17,19-20,22-24,26-31,38H,5,11-12,14-16,18H2,1-4H3,(H,39,40). The van der Waals surface area contributed by atoms with Gasteiger partial charge in [-0.05, 0) is 60.8 Å². The van der Waals surface area contributed by atoms with Crippen molar-refractivity contribution in [3.8, 4) is 0 Å². The third-order valence-electron chi connectivity index (χ3n) is 13.0. The summed E-state index contributed by atoms with van der Waals surface area (Å²) in [7, 11) is 0. The van der Waals surface area contributed by atoms with Gasteiger partial charge in [-0.25, -0.2) is 0 Å². The molecule has 4 aliphatic carbocycles. The molecule has 2 N–H and O–H groups in total. The van der Waals surface area contributed by atoms with Crippen molar-refractivity contribution in [2.45, 2.75) is 109 Å². The number of carboxylic acid groups (broad SMARTS) is 1. The van der Waals surface area contributed by atoms with Gasteiger partial charge in [0, 0.05) is 5.41 Å². The summed E-state index contributed by atoms with van der Waals surface area (Å²) in [5.41, 5.74) is -1.42. The topological polar surface area (TPSA) is 130 Å². The molecule has 250 valence electrons. The van der Waals surface area contributed by atoms with E-state index in [1.54, 1.807) is 0 Å². The fourth-order valence-corrected chi connectivity index (χ4v) is 11.2. The van der Waals surface area contributed by atoms with Gasteiger partial charge in [-0.15, -0.1) is 0 Å². The summed E-state index contributed by atoms with van der Waals surface area (Å²) in [6.45, 7) is 8.58. The number of benzene rings is 1. The Hall–Kier alpha value is -2.18. The van der Waals surface area contributed by atoms with Crippen LogP contribution in [0.1, 0.15) is 65.4 Å². The van der Waals surface area contributed by atoms with Crippen LogP contribution in [0.5, 0.6) is 0 Å². The lowest BCUT2D eigenvalue weighted by Crippen LogP contribution is -2.66. The van der Waals surface area contributed by atoms with Crippen LogP contribution in [-0.2, 0) is 44.6 Å². The van der Waals surface area contributed by atoms with E-state index in [0.29, 0.717) is 31.8 Å². The van der Waals surface area contributed by atoms with E-state index in [2.05, 4.69) is 13.0 Å².